The lowest BCUT2D eigenvalue weighted by atomic mass is 10.2. The number of nitrogens with one attached hydrogen (secondary N) is 1. The van der Waals surface area contributed by atoms with Crippen LogP contribution in [0.3, 0.4) is 0 Å². The zero-order chi connectivity index (χ0) is 10.3. The summed E-state index contributed by atoms with van der Waals surface area (Å²) in [6, 6.07) is 0.367. The van der Waals surface area contributed by atoms with Crippen molar-refractivity contribution in [1.82, 2.24) is 10.2 Å². The fourth-order valence-electron chi connectivity index (χ4n) is 1.83. The summed E-state index contributed by atoms with van der Waals surface area (Å²) in [6.07, 6.45) is 0.604. The molecular formula is C9H15Cl3N2O. The fourth-order valence-corrected chi connectivity index (χ4v) is 2.33. The van der Waals surface area contributed by atoms with Gasteiger partial charge in [0.2, 0.25) is 5.91 Å². The number of halogens is 3. The van der Waals surface area contributed by atoms with E-state index in [0.717, 1.165) is 19.6 Å². The van der Waals surface area contributed by atoms with Crippen molar-refractivity contribution >= 4 is 41.5 Å². The number of carbonyl (C=O) groups is 1. The standard InChI is InChI=1S/C9H14Cl2N2O.ClH/c1-6-5-13(3-2-12-6)8(14)7-4-9(7,10)11;/h6-7,12H,2-5H2,1H3;1H. The summed E-state index contributed by atoms with van der Waals surface area (Å²) in [6.45, 7) is 4.46. The predicted molar refractivity (Wildman–Crippen MR) is 63.8 cm³/mol. The van der Waals surface area contributed by atoms with E-state index >= 15 is 0 Å². The molecule has 1 heterocycles. The molecule has 0 aromatic heterocycles. The molecule has 0 radical (unpaired) electrons. The minimum atomic E-state index is -0.787. The molecule has 0 spiro atoms. The molecule has 1 saturated heterocycles. The van der Waals surface area contributed by atoms with Crippen molar-refractivity contribution < 1.29 is 4.79 Å². The average Bonchev–Trinajstić information content (AvgIpc) is 2.74. The Morgan fingerprint density at radius 2 is 2.13 bits per heavy atom. The Balaban J connectivity index is 0.00000112. The number of carbonyl (C=O) groups excluding carboxylic acids is 1. The smallest absolute Gasteiger partial charge is 0.228 e. The minimum Gasteiger partial charge on any atom is -0.340 e. The van der Waals surface area contributed by atoms with Crippen molar-refractivity contribution in [2.24, 2.45) is 5.92 Å². The maximum absolute atomic E-state index is 11.9. The van der Waals surface area contributed by atoms with Gasteiger partial charge in [0.05, 0.1) is 5.92 Å². The highest BCUT2D eigenvalue weighted by molar-refractivity contribution is 6.52. The van der Waals surface area contributed by atoms with E-state index in [2.05, 4.69) is 12.2 Å². The monoisotopic (exact) mass is 272 g/mol. The van der Waals surface area contributed by atoms with Crippen LogP contribution in [0, 0.1) is 5.92 Å². The van der Waals surface area contributed by atoms with Gasteiger partial charge >= 0.3 is 0 Å². The molecule has 2 atom stereocenters. The third kappa shape index (κ3) is 2.90. The quantitative estimate of drug-likeness (QED) is 0.733. The topological polar surface area (TPSA) is 32.3 Å². The molecule has 1 saturated carbocycles. The molecule has 1 N–H and O–H groups in total. The van der Waals surface area contributed by atoms with Gasteiger partial charge < -0.3 is 10.2 Å². The van der Waals surface area contributed by atoms with E-state index in [1.54, 1.807) is 0 Å². The van der Waals surface area contributed by atoms with Crippen molar-refractivity contribution in [3.8, 4) is 0 Å². The first-order chi connectivity index (χ1) is 6.50. The van der Waals surface area contributed by atoms with Crippen LogP contribution < -0.4 is 5.32 Å². The second kappa shape index (κ2) is 4.66. The van der Waals surface area contributed by atoms with Crippen LogP contribution in [0.25, 0.3) is 0 Å². The van der Waals surface area contributed by atoms with Gasteiger partial charge in [0, 0.05) is 25.7 Å². The highest BCUT2D eigenvalue weighted by atomic mass is 35.5. The average molecular weight is 274 g/mol. The van der Waals surface area contributed by atoms with Gasteiger partial charge in [-0.25, -0.2) is 0 Å². The van der Waals surface area contributed by atoms with Crippen molar-refractivity contribution in [1.29, 1.82) is 0 Å². The molecule has 15 heavy (non-hydrogen) atoms. The maximum Gasteiger partial charge on any atom is 0.228 e. The van der Waals surface area contributed by atoms with Gasteiger partial charge in [0.1, 0.15) is 4.33 Å². The first-order valence-electron chi connectivity index (χ1n) is 4.91. The summed E-state index contributed by atoms with van der Waals surface area (Å²) in [4.78, 5) is 13.7. The van der Waals surface area contributed by atoms with Gasteiger partial charge in [-0.2, -0.15) is 0 Å². The first-order valence-corrected chi connectivity index (χ1v) is 5.66. The molecule has 3 nitrogen and oxygen atoms in total. The molecule has 0 aromatic rings. The third-order valence-electron chi connectivity index (χ3n) is 2.80. The fraction of sp³-hybridized carbons (Fsp3) is 0.889. The number of nitrogens with zero attached hydrogens (tertiary/aromatic N) is 1. The van der Waals surface area contributed by atoms with E-state index in [1.807, 2.05) is 4.90 Å². The van der Waals surface area contributed by atoms with Crippen LogP contribution >= 0.6 is 35.6 Å². The number of hydrogen-bond donors (Lipinski definition) is 1. The van der Waals surface area contributed by atoms with Crippen molar-refractivity contribution in [3.63, 3.8) is 0 Å². The summed E-state index contributed by atoms with van der Waals surface area (Å²) in [7, 11) is 0. The SMILES string of the molecule is CC1CN(C(=O)C2CC2(Cl)Cl)CCN1.Cl. The van der Waals surface area contributed by atoms with Crippen LogP contribution in [-0.2, 0) is 4.79 Å². The summed E-state index contributed by atoms with van der Waals surface area (Å²) in [5.41, 5.74) is 0. The van der Waals surface area contributed by atoms with E-state index in [4.69, 9.17) is 23.2 Å². The molecule has 1 amide bonds. The highest BCUT2D eigenvalue weighted by Crippen LogP contribution is 2.53. The second-order valence-electron chi connectivity index (χ2n) is 4.16. The molecule has 6 heteroatoms. The van der Waals surface area contributed by atoms with Crippen LogP contribution in [0.2, 0.25) is 0 Å². The Bertz CT molecular complexity index is 260. The normalized spacial score (nSPS) is 33.1. The van der Waals surface area contributed by atoms with E-state index in [1.165, 1.54) is 0 Å². The van der Waals surface area contributed by atoms with Gasteiger partial charge in [-0.15, -0.1) is 35.6 Å². The number of piperazine rings is 1. The lowest BCUT2D eigenvalue weighted by Crippen LogP contribution is -2.52. The Hall–Kier alpha value is 0.300. The van der Waals surface area contributed by atoms with E-state index in [9.17, 15) is 4.79 Å². The van der Waals surface area contributed by atoms with Gasteiger partial charge in [-0.1, -0.05) is 0 Å². The molecule has 0 aromatic carbocycles. The molecule has 1 aliphatic heterocycles. The Kier molecular flexibility index (Phi) is 4.15. The van der Waals surface area contributed by atoms with Gasteiger partial charge in [0.15, 0.2) is 0 Å². The number of amides is 1. The molecule has 2 aliphatic rings. The van der Waals surface area contributed by atoms with Gasteiger partial charge in [-0.05, 0) is 13.3 Å². The molecule has 2 rings (SSSR count). The van der Waals surface area contributed by atoms with Crippen molar-refractivity contribution in [3.05, 3.63) is 0 Å². The zero-order valence-electron chi connectivity index (χ0n) is 8.50. The van der Waals surface area contributed by atoms with Gasteiger partial charge in [-0.3, -0.25) is 4.79 Å². The summed E-state index contributed by atoms with van der Waals surface area (Å²) >= 11 is 11.7. The number of alkyl halides is 2. The summed E-state index contributed by atoms with van der Waals surface area (Å²) in [5, 5.41) is 3.29. The molecule has 2 fully saturated rings. The summed E-state index contributed by atoms with van der Waals surface area (Å²) < 4.78 is -0.787. The van der Waals surface area contributed by atoms with Crippen molar-refractivity contribution in [2.45, 2.75) is 23.7 Å². The van der Waals surface area contributed by atoms with Crippen LogP contribution in [0.5, 0.6) is 0 Å². The third-order valence-corrected chi connectivity index (χ3v) is 3.64. The van der Waals surface area contributed by atoms with E-state index in [-0.39, 0.29) is 24.2 Å². The van der Waals surface area contributed by atoms with E-state index < -0.39 is 4.33 Å². The lowest BCUT2D eigenvalue weighted by molar-refractivity contribution is -0.133. The molecular weight excluding hydrogens is 258 g/mol. The summed E-state index contributed by atoms with van der Waals surface area (Å²) in [5.74, 6) is -0.0560. The lowest BCUT2D eigenvalue weighted by Gasteiger charge is -2.32. The molecule has 0 bridgehead atoms. The first kappa shape index (κ1) is 13.4. The van der Waals surface area contributed by atoms with Crippen LogP contribution in [-0.4, -0.2) is 40.8 Å². The Morgan fingerprint density at radius 3 is 2.60 bits per heavy atom. The van der Waals surface area contributed by atoms with Crippen LogP contribution in [0.4, 0.5) is 0 Å². The Morgan fingerprint density at radius 1 is 1.53 bits per heavy atom. The second-order valence-corrected chi connectivity index (χ2v) is 5.70. The zero-order valence-corrected chi connectivity index (χ0v) is 10.8. The Labute approximate surface area is 106 Å². The number of hydrogen-bond acceptors (Lipinski definition) is 2. The largest absolute Gasteiger partial charge is 0.340 e. The molecule has 1 aliphatic carbocycles. The van der Waals surface area contributed by atoms with Crippen LogP contribution in [0.15, 0.2) is 0 Å². The van der Waals surface area contributed by atoms with Gasteiger partial charge in [0.25, 0.3) is 0 Å². The van der Waals surface area contributed by atoms with Crippen LogP contribution in [0.1, 0.15) is 13.3 Å². The minimum absolute atomic E-state index is 0. The predicted octanol–water partition coefficient (Wildman–Crippen LogP) is 1.42. The highest BCUT2D eigenvalue weighted by Gasteiger charge is 2.57. The number of rotatable bonds is 1. The molecule has 88 valence electrons. The maximum atomic E-state index is 11.9. The van der Waals surface area contributed by atoms with Crippen molar-refractivity contribution in [2.75, 3.05) is 19.6 Å². The van der Waals surface area contributed by atoms with E-state index in [0.29, 0.717) is 12.5 Å². The molecule has 2 unspecified atom stereocenters.